The smallest absolute Gasteiger partial charge is 0.251 e. The van der Waals surface area contributed by atoms with E-state index in [0.717, 1.165) is 73.6 Å². The third kappa shape index (κ3) is 5.88. The van der Waals surface area contributed by atoms with Gasteiger partial charge in [0.25, 0.3) is 5.91 Å². The highest BCUT2D eigenvalue weighted by Crippen LogP contribution is 2.30. The van der Waals surface area contributed by atoms with Gasteiger partial charge in [-0.1, -0.05) is 26.0 Å². The Balaban J connectivity index is 1.48. The van der Waals surface area contributed by atoms with Gasteiger partial charge in [0, 0.05) is 43.0 Å². The first-order valence-electron chi connectivity index (χ1n) is 13.4. The molecule has 37 heavy (non-hydrogen) atoms. The van der Waals surface area contributed by atoms with Crippen LogP contribution in [-0.4, -0.2) is 64.1 Å². The van der Waals surface area contributed by atoms with Gasteiger partial charge in [0.05, 0.1) is 18.8 Å². The lowest BCUT2D eigenvalue weighted by atomic mass is 10.0. The Kier molecular flexibility index (Phi) is 7.62. The number of hydrogen-bond donors (Lipinski definition) is 4. The van der Waals surface area contributed by atoms with Crippen LogP contribution in [0.3, 0.4) is 0 Å². The molecule has 1 aromatic carbocycles. The number of amides is 1. The van der Waals surface area contributed by atoms with E-state index in [-0.39, 0.29) is 24.5 Å². The maximum atomic E-state index is 12.6. The summed E-state index contributed by atoms with van der Waals surface area (Å²) in [6.07, 6.45) is 6.03. The molecule has 2 aromatic heterocycles. The number of fused-ring (bicyclic) bond motifs is 1. The molecule has 5 rings (SSSR count). The van der Waals surface area contributed by atoms with Crippen molar-refractivity contribution in [2.24, 2.45) is 11.8 Å². The molecule has 3 heterocycles. The van der Waals surface area contributed by atoms with Gasteiger partial charge < -0.3 is 25.8 Å². The van der Waals surface area contributed by atoms with Gasteiger partial charge in [0.15, 0.2) is 5.65 Å². The van der Waals surface area contributed by atoms with E-state index in [1.54, 1.807) is 0 Å². The Bertz CT molecular complexity index is 1250. The maximum Gasteiger partial charge on any atom is 0.251 e. The summed E-state index contributed by atoms with van der Waals surface area (Å²) in [7, 11) is 0. The van der Waals surface area contributed by atoms with Crippen LogP contribution in [0.4, 0.5) is 11.6 Å². The summed E-state index contributed by atoms with van der Waals surface area (Å²) in [6, 6.07) is 8.05. The number of benzene rings is 1. The number of nitrogens with one attached hydrogen (secondary N) is 3. The van der Waals surface area contributed by atoms with Crippen LogP contribution in [0.5, 0.6) is 0 Å². The Labute approximate surface area is 218 Å². The molecule has 4 N–H and O–H groups in total. The first kappa shape index (κ1) is 25.5. The summed E-state index contributed by atoms with van der Waals surface area (Å²) in [6.45, 7) is 8.57. The molecule has 198 valence electrons. The van der Waals surface area contributed by atoms with Crippen molar-refractivity contribution in [3.05, 3.63) is 41.6 Å². The van der Waals surface area contributed by atoms with E-state index >= 15 is 0 Å². The van der Waals surface area contributed by atoms with E-state index in [1.807, 2.05) is 41.9 Å². The fraction of sp³-hybridized carbons (Fsp3) is 0.536. The highest BCUT2D eigenvalue weighted by Gasteiger charge is 2.25. The molecule has 0 spiro atoms. The van der Waals surface area contributed by atoms with Gasteiger partial charge in [-0.2, -0.15) is 9.61 Å². The molecule has 2 aliphatic rings. The van der Waals surface area contributed by atoms with E-state index in [9.17, 15) is 9.90 Å². The van der Waals surface area contributed by atoms with Crippen molar-refractivity contribution < 1.29 is 14.6 Å². The van der Waals surface area contributed by atoms with Crippen LogP contribution in [0.2, 0.25) is 0 Å². The van der Waals surface area contributed by atoms with Crippen LogP contribution in [0.25, 0.3) is 16.8 Å². The summed E-state index contributed by atoms with van der Waals surface area (Å²) in [5, 5.41) is 24.7. The van der Waals surface area contributed by atoms with Crippen LogP contribution in [0, 0.1) is 18.8 Å². The number of carbonyl (C=O) groups is 1. The third-order valence-corrected chi connectivity index (χ3v) is 7.41. The molecule has 0 radical (unpaired) electrons. The number of hydrogen-bond acceptors (Lipinski definition) is 7. The number of aryl methyl sites for hydroxylation is 1. The Morgan fingerprint density at radius 1 is 1.19 bits per heavy atom. The number of nitrogens with zero attached hydrogens (tertiary/aromatic N) is 3. The molecule has 1 atom stereocenters. The number of aromatic nitrogens is 3. The highest BCUT2D eigenvalue weighted by atomic mass is 16.5. The summed E-state index contributed by atoms with van der Waals surface area (Å²) >= 11 is 0. The molecule has 2 fully saturated rings. The zero-order valence-corrected chi connectivity index (χ0v) is 22.0. The second kappa shape index (κ2) is 11.1. The quantitative estimate of drug-likeness (QED) is 0.330. The minimum absolute atomic E-state index is 0.0145. The minimum Gasteiger partial charge on any atom is -0.394 e. The molecule has 0 bridgehead atoms. The summed E-state index contributed by atoms with van der Waals surface area (Å²) in [5.41, 5.74) is 4.18. The van der Waals surface area contributed by atoms with Crippen LogP contribution in [0.1, 0.15) is 55.5 Å². The molecule has 1 aliphatic heterocycles. The van der Waals surface area contributed by atoms with Gasteiger partial charge in [-0.3, -0.25) is 4.79 Å². The normalized spacial score (nSPS) is 17.2. The number of anilines is 2. The summed E-state index contributed by atoms with van der Waals surface area (Å²) in [5.74, 6) is 2.31. The predicted molar refractivity (Wildman–Crippen MR) is 145 cm³/mol. The Hall–Kier alpha value is -3.17. The monoisotopic (exact) mass is 506 g/mol. The number of ether oxygens (including phenoxy) is 1. The van der Waals surface area contributed by atoms with Gasteiger partial charge in [-0.15, -0.1) is 0 Å². The lowest BCUT2D eigenvalue weighted by Crippen LogP contribution is -2.30. The Morgan fingerprint density at radius 2 is 1.97 bits per heavy atom. The maximum absolute atomic E-state index is 12.6. The average molecular weight is 507 g/mol. The van der Waals surface area contributed by atoms with Crippen LogP contribution < -0.4 is 16.0 Å². The molecule has 3 aromatic rings. The van der Waals surface area contributed by atoms with E-state index in [1.165, 1.54) is 0 Å². The van der Waals surface area contributed by atoms with Crippen molar-refractivity contribution in [2.75, 3.05) is 37.0 Å². The van der Waals surface area contributed by atoms with Crippen LogP contribution >= 0.6 is 0 Å². The van der Waals surface area contributed by atoms with Gasteiger partial charge in [-0.25, -0.2) is 4.98 Å². The summed E-state index contributed by atoms with van der Waals surface area (Å²) in [4.78, 5) is 17.5. The molecular formula is C28H38N6O3. The van der Waals surface area contributed by atoms with Gasteiger partial charge in [-0.05, 0) is 61.6 Å². The van der Waals surface area contributed by atoms with E-state index in [4.69, 9.17) is 9.72 Å². The van der Waals surface area contributed by atoms with Crippen molar-refractivity contribution in [2.45, 2.75) is 58.5 Å². The average Bonchev–Trinajstić information content (AvgIpc) is 3.61. The second-order valence-electron chi connectivity index (χ2n) is 10.7. The van der Waals surface area contributed by atoms with Crippen molar-refractivity contribution in [3.63, 3.8) is 0 Å². The minimum atomic E-state index is -0.115. The Morgan fingerprint density at radius 3 is 2.65 bits per heavy atom. The first-order chi connectivity index (χ1) is 17.9. The van der Waals surface area contributed by atoms with Crippen LogP contribution in [0.15, 0.2) is 30.5 Å². The molecule has 9 nitrogen and oxygen atoms in total. The fourth-order valence-corrected chi connectivity index (χ4v) is 4.76. The van der Waals surface area contributed by atoms with E-state index < -0.39 is 0 Å². The zero-order chi connectivity index (χ0) is 25.9. The van der Waals surface area contributed by atoms with Crippen molar-refractivity contribution in [1.29, 1.82) is 0 Å². The number of rotatable bonds is 10. The largest absolute Gasteiger partial charge is 0.394 e. The summed E-state index contributed by atoms with van der Waals surface area (Å²) < 4.78 is 7.35. The van der Waals surface area contributed by atoms with Gasteiger partial charge >= 0.3 is 0 Å². The van der Waals surface area contributed by atoms with E-state index in [0.29, 0.717) is 23.3 Å². The highest BCUT2D eigenvalue weighted by molar-refractivity contribution is 5.97. The molecule has 1 saturated heterocycles. The fourth-order valence-electron chi connectivity index (χ4n) is 4.76. The standard InChI is InChI=1S/C28H38N6O3/c1-17(2)24(16-35)32-25-13-26(29-14-19-8-10-37-11-9-19)34-27(33-25)23(15-30-34)20-4-7-22(18(3)12-20)28(36)31-21-5-6-21/h4,7,12-13,15,17,19,21,24,29,35H,5-6,8-11,14,16H2,1-3H3,(H,31,36)(H,32,33)/t24-/m0/s1. The lowest BCUT2D eigenvalue weighted by molar-refractivity contribution is 0.0699. The number of aliphatic hydroxyl groups excluding tert-OH is 1. The lowest BCUT2D eigenvalue weighted by Gasteiger charge is -2.24. The third-order valence-electron chi connectivity index (χ3n) is 7.41. The zero-order valence-electron chi connectivity index (χ0n) is 22.0. The molecular weight excluding hydrogens is 468 g/mol. The van der Waals surface area contributed by atoms with Crippen molar-refractivity contribution in [3.8, 4) is 11.1 Å². The number of carbonyl (C=O) groups excluding carboxylic acids is 1. The molecule has 1 aliphatic carbocycles. The number of aliphatic hydroxyl groups is 1. The van der Waals surface area contributed by atoms with Crippen molar-refractivity contribution in [1.82, 2.24) is 19.9 Å². The second-order valence-corrected chi connectivity index (χ2v) is 10.7. The molecule has 0 unspecified atom stereocenters. The molecule has 1 amide bonds. The van der Waals surface area contributed by atoms with Crippen LogP contribution in [-0.2, 0) is 4.74 Å². The van der Waals surface area contributed by atoms with Gasteiger partial charge in [0.2, 0.25) is 0 Å². The molecule has 9 heteroatoms. The SMILES string of the molecule is Cc1cc(-c2cnn3c(NCC4CCOCC4)cc(N[C@@H](CO)C(C)C)nc23)ccc1C(=O)NC1CC1. The van der Waals surface area contributed by atoms with E-state index in [2.05, 4.69) is 34.9 Å². The topological polar surface area (TPSA) is 113 Å². The molecule has 1 saturated carbocycles. The van der Waals surface area contributed by atoms with Gasteiger partial charge in [0.1, 0.15) is 11.6 Å². The predicted octanol–water partition coefficient (Wildman–Crippen LogP) is 3.86. The van der Waals surface area contributed by atoms with Crippen molar-refractivity contribution >= 4 is 23.2 Å². The first-order valence-corrected chi connectivity index (χ1v) is 13.4.